The zero-order valence-corrected chi connectivity index (χ0v) is 27.7. The van der Waals surface area contributed by atoms with E-state index in [1.54, 1.807) is 23.5 Å². The highest BCUT2D eigenvalue weighted by Gasteiger charge is 2.52. The number of rotatable bonds is 10. The number of halogens is 1. The fraction of sp³-hybridized carbons (Fsp3) is 0. The van der Waals surface area contributed by atoms with E-state index in [-0.39, 0.29) is 18.3 Å². The van der Waals surface area contributed by atoms with Gasteiger partial charge in [-0.25, -0.2) is 0 Å². The zero-order valence-electron chi connectivity index (χ0n) is 24.4. The molecule has 6 aromatic carbocycles. The summed E-state index contributed by atoms with van der Waals surface area (Å²) in [4.78, 5) is 16.5. The molecule has 222 valence electrons. The van der Waals surface area contributed by atoms with Gasteiger partial charge in [0.05, 0.1) is 0 Å². The van der Waals surface area contributed by atoms with Crippen LogP contribution in [0.25, 0.3) is 0 Å². The van der Waals surface area contributed by atoms with Gasteiger partial charge in [0, 0.05) is 15.4 Å². The molecular formula is C39H31ClNOPS2. The molecule has 0 radical (unpaired) electrons. The van der Waals surface area contributed by atoms with Gasteiger partial charge in [-0.1, -0.05) is 133 Å². The molecule has 0 aliphatic heterocycles. The Hall–Kier alpha value is -4.05. The molecule has 0 heterocycles. The first kappa shape index (κ1) is 32.3. The Balaban J connectivity index is 0.00000400. The summed E-state index contributed by atoms with van der Waals surface area (Å²) in [5.74, 6) is -0.132. The zero-order chi connectivity index (χ0) is 30.0. The van der Waals surface area contributed by atoms with E-state index in [0.29, 0.717) is 5.56 Å². The van der Waals surface area contributed by atoms with Crippen molar-refractivity contribution in [2.75, 3.05) is 0 Å². The molecule has 2 nitrogen and oxygen atoms in total. The average molecular weight is 660 g/mol. The van der Waals surface area contributed by atoms with Gasteiger partial charge in [0.15, 0.2) is 12.7 Å². The molecule has 6 rings (SSSR count). The molecule has 0 aliphatic rings. The lowest BCUT2D eigenvalue weighted by Crippen LogP contribution is -3.00. The molecule has 0 bridgehead atoms. The minimum absolute atomic E-state index is 0. The Morgan fingerprint density at radius 2 is 0.756 bits per heavy atom. The van der Waals surface area contributed by atoms with Crippen LogP contribution in [0.2, 0.25) is 0 Å². The molecule has 6 heteroatoms. The minimum atomic E-state index is -2.66. The molecular weight excluding hydrogens is 629 g/mol. The van der Waals surface area contributed by atoms with Gasteiger partial charge >= 0.3 is 0 Å². The molecule has 1 N–H and O–H groups in total. The molecule has 0 saturated heterocycles. The summed E-state index contributed by atoms with van der Waals surface area (Å²) in [7, 11) is -2.66. The monoisotopic (exact) mass is 659 g/mol. The van der Waals surface area contributed by atoms with E-state index < -0.39 is 7.26 Å². The molecule has 0 unspecified atom stereocenters. The first-order valence-corrected chi connectivity index (χ1v) is 17.8. The molecule has 0 atom stereocenters. The number of thioether (sulfide) groups is 2. The number of nitrogens with one attached hydrogen (secondary N) is 1. The third-order valence-corrected chi connectivity index (χ3v) is 14.0. The molecule has 0 aliphatic carbocycles. The van der Waals surface area contributed by atoms with E-state index in [2.05, 4.69) is 145 Å². The molecule has 0 aromatic heterocycles. The SMILES string of the molecule is O=C(NC(=C(Sc1ccccc1)Sc1ccccc1)[P+](c1ccccc1)(c1ccccc1)c1ccccc1)c1ccccc1.[Cl-]. The van der Waals surface area contributed by atoms with Crippen LogP contribution in [0.15, 0.2) is 201 Å². The second-order valence-corrected chi connectivity index (χ2v) is 15.7. The lowest BCUT2D eigenvalue weighted by Gasteiger charge is -2.31. The first-order valence-electron chi connectivity index (χ1n) is 14.4. The summed E-state index contributed by atoms with van der Waals surface area (Å²) in [6, 6.07) is 62.3. The van der Waals surface area contributed by atoms with Crippen molar-refractivity contribution in [2.45, 2.75) is 9.79 Å². The van der Waals surface area contributed by atoms with Crippen LogP contribution in [-0.4, -0.2) is 5.91 Å². The quantitative estimate of drug-likeness (QED) is 0.142. The van der Waals surface area contributed by atoms with Gasteiger partial charge in [-0.15, -0.1) is 0 Å². The van der Waals surface area contributed by atoms with E-state index in [0.717, 1.165) is 19.5 Å². The van der Waals surface area contributed by atoms with E-state index >= 15 is 0 Å². The smallest absolute Gasteiger partial charge is 0.258 e. The van der Waals surface area contributed by atoms with E-state index in [1.807, 2.05) is 42.5 Å². The predicted octanol–water partition coefficient (Wildman–Crippen LogP) is 6.13. The Bertz CT molecular complexity index is 1680. The van der Waals surface area contributed by atoms with E-state index in [1.165, 1.54) is 15.9 Å². The maximum Gasteiger partial charge on any atom is 0.258 e. The van der Waals surface area contributed by atoms with Crippen molar-refractivity contribution in [2.24, 2.45) is 0 Å². The second-order valence-electron chi connectivity index (χ2n) is 9.96. The van der Waals surface area contributed by atoms with E-state index in [4.69, 9.17) is 0 Å². The number of carbonyl (C=O) groups excluding carboxylic acids is 1. The predicted molar refractivity (Wildman–Crippen MR) is 191 cm³/mol. The van der Waals surface area contributed by atoms with Crippen LogP contribution in [0.4, 0.5) is 0 Å². The fourth-order valence-electron chi connectivity index (χ4n) is 5.14. The summed E-state index contributed by atoms with van der Waals surface area (Å²) in [5.41, 5.74) is 1.53. The average Bonchev–Trinajstić information content (AvgIpc) is 3.10. The largest absolute Gasteiger partial charge is 1.00 e. The van der Waals surface area contributed by atoms with Crippen molar-refractivity contribution in [3.05, 3.63) is 197 Å². The van der Waals surface area contributed by atoms with Crippen LogP contribution in [0.1, 0.15) is 10.4 Å². The number of carbonyl (C=O) groups is 1. The Morgan fingerprint density at radius 3 is 1.11 bits per heavy atom. The molecule has 6 aromatic rings. The minimum Gasteiger partial charge on any atom is -1.00 e. The number of hydrogen-bond donors (Lipinski definition) is 1. The number of hydrogen-bond acceptors (Lipinski definition) is 3. The first-order chi connectivity index (χ1) is 21.7. The third kappa shape index (κ3) is 7.44. The van der Waals surface area contributed by atoms with Crippen molar-refractivity contribution < 1.29 is 17.2 Å². The summed E-state index contributed by atoms with van der Waals surface area (Å²) < 4.78 is 1.02. The van der Waals surface area contributed by atoms with Crippen molar-refractivity contribution in [1.29, 1.82) is 0 Å². The molecule has 1 amide bonds. The fourth-order valence-corrected chi connectivity index (χ4v) is 12.4. The van der Waals surface area contributed by atoms with Gasteiger partial charge in [-0.2, -0.15) is 0 Å². The topological polar surface area (TPSA) is 29.1 Å². The Morgan fingerprint density at radius 1 is 0.444 bits per heavy atom. The lowest BCUT2D eigenvalue weighted by atomic mass is 10.2. The van der Waals surface area contributed by atoms with Crippen molar-refractivity contribution in [3.8, 4) is 0 Å². The molecule has 0 fully saturated rings. The summed E-state index contributed by atoms with van der Waals surface area (Å²) in [6.07, 6.45) is 0. The van der Waals surface area contributed by atoms with E-state index in [9.17, 15) is 4.79 Å². The highest BCUT2D eigenvalue weighted by Crippen LogP contribution is 2.65. The summed E-state index contributed by atoms with van der Waals surface area (Å²) in [5, 5.41) is 7.06. The van der Waals surface area contributed by atoms with Gasteiger partial charge < -0.3 is 12.4 Å². The Kier molecular flexibility index (Phi) is 11.4. The normalized spacial score (nSPS) is 10.8. The van der Waals surface area contributed by atoms with Gasteiger partial charge in [0.2, 0.25) is 0 Å². The van der Waals surface area contributed by atoms with Gasteiger partial charge in [-0.3, -0.25) is 10.1 Å². The Labute approximate surface area is 280 Å². The maximum absolute atomic E-state index is 14.3. The van der Waals surface area contributed by atoms with Crippen LogP contribution in [0.3, 0.4) is 0 Å². The number of benzene rings is 6. The highest BCUT2D eigenvalue weighted by atomic mass is 35.5. The highest BCUT2D eigenvalue weighted by molar-refractivity contribution is 8.23. The third-order valence-electron chi connectivity index (χ3n) is 7.13. The molecule has 0 spiro atoms. The van der Waals surface area contributed by atoms with Crippen molar-refractivity contribution >= 4 is 52.6 Å². The van der Waals surface area contributed by atoms with Crippen molar-refractivity contribution in [1.82, 2.24) is 5.32 Å². The van der Waals surface area contributed by atoms with Crippen LogP contribution in [-0.2, 0) is 0 Å². The molecule has 0 saturated carbocycles. The van der Waals surface area contributed by atoms with Crippen molar-refractivity contribution in [3.63, 3.8) is 0 Å². The molecule has 45 heavy (non-hydrogen) atoms. The summed E-state index contributed by atoms with van der Waals surface area (Å²) in [6.45, 7) is 0. The summed E-state index contributed by atoms with van der Waals surface area (Å²) >= 11 is 3.39. The van der Waals surface area contributed by atoms with Gasteiger partial charge in [-0.05, 0) is 72.8 Å². The van der Waals surface area contributed by atoms with Crippen LogP contribution in [0, 0.1) is 0 Å². The van der Waals surface area contributed by atoms with Gasteiger partial charge in [0.1, 0.15) is 20.2 Å². The number of amides is 1. The second kappa shape index (κ2) is 15.8. The van der Waals surface area contributed by atoms with Crippen LogP contribution in [0.5, 0.6) is 0 Å². The maximum atomic E-state index is 14.3. The van der Waals surface area contributed by atoms with Gasteiger partial charge in [0.25, 0.3) is 5.91 Å². The van der Waals surface area contributed by atoms with Crippen LogP contribution < -0.4 is 33.6 Å². The standard InChI is InChI=1S/C39H30NOPS2.ClH/c41-37(31-19-7-1-8-20-31)40-38(39(43-35-27-15-5-16-28-35)44-36-29-17-6-18-30-36)42(32-21-9-2-10-22-32,33-23-11-3-12-24-33)34-25-13-4-14-26-34;/h1-30H;1H. The lowest BCUT2D eigenvalue weighted by molar-refractivity contribution is -0.0000165. The van der Waals surface area contributed by atoms with Crippen LogP contribution >= 0.6 is 30.8 Å².